The minimum Gasteiger partial charge on any atom is -0.207 e. The van der Waals surface area contributed by atoms with Crippen LogP contribution >= 0.6 is 11.8 Å². The van der Waals surface area contributed by atoms with Crippen molar-refractivity contribution in [3.8, 4) is 0 Å². The molecule has 0 N–H and O–H groups in total. The zero-order chi connectivity index (χ0) is 14.9. The Morgan fingerprint density at radius 1 is 1.00 bits per heavy atom. The molecule has 0 amide bonds. The molecule has 3 nitrogen and oxygen atoms in total. The Labute approximate surface area is 130 Å². The van der Waals surface area contributed by atoms with Crippen molar-refractivity contribution in [3.05, 3.63) is 59.7 Å². The van der Waals surface area contributed by atoms with Crippen LogP contribution in [0.15, 0.2) is 58.3 Å². The van der Waals surface area contributed by atoms with E-state index in [-0.39, 0.29) is 0 Å². The lowest BCUT2D eigenvalue weighted by atomic mass is 10.0. The summed E-state index contributed by atoms with van der Waals surface area (Å²) in [6.07, 6.45) is 2.75. The largest absolute Gasteiger partial charge is 0.243 e. The highest BCUT2D eigenvalue weighted by atomic mass is 32.2. The van der Waals surface area contributed by atoms with Gasteiger partial charge in [0.15, 0.2) is 0 Å². The highest BCUT2D eigenvalue weighted by Gasteiger charge is 2.27. The molecule has 2 aromatic carbocycles. The van der Waals surface area contributed by atoms with Gasteiger partial charge in [0.05, 0.1) is 4.90 Å². The van der Waals surface area contributed by atoms with Gasteiger partial charge in [-0.05, 0) is 48.1 Å². The fourth-order valence-corrected chi connectivity index (χ4v) is 4.40. The smallest absolute Gasteiger partial charge is 0.207 e. The van der Waals surface area contributed by atoms with Gasteiger partial charge in [-0.1, -0.05) is 24.3 Å². The van der Waals surface area contributed by atoms with Gasteiger partial charge in [0.1, 0.15) is 0 Å². The molecule has 0 unspecified atom stereocenters. The number of rotatable bonds is 3. The van der Waals surface area contributed by atoms with Crippen molar-refractivity contribution in [1.82, 2.24) is 4.31 Å². The van der Waals surface area contributed by atoms with Gasteiger partial charge < -0.3 is 0 Å². The highest BCUT2D eigenvalue weighted by Crippen LogP contribution is 2.26. The van der Waals surface area contributed by atoms with Gasteiger partial charge in [0.2, 0.25) is 10.0 Å². The molecule has 3 rings (SSSR count). The number of benzene rings is 2. The average Bonchev–Trinajstić information content (AvgIpc) is 2.54. The summed E-state index contributed by atoms with van der Waals surface area (Å²) in [6.45, 7) is 1.01. The molecule has 2 aromatic rings. The zero-order valence-corrected chi connectivity index (χ0v) is 13.5. The fraction of sp³-hybridized carbons (Fsp3) is 0.250. The first-order valence-corrected chi connectivity index (χ1v) is 9.49. The van der Waals surface area contributed by atoms with Gasteiger partial charge in [-0.15, -0.1) is 11.8 Å². The van der Waals surface area contributed by atoms with Crippen molar-refractivity contribution in [1.29, 1.82) is 0 Å². The molecule has 0 aliphatic carbocycles. The Morgan fingerprint density at radius 2 is 1.67 bits per heavy atom. The Bertz CT molecular complexity index is 739. The van der Waals surface area contributed by atoms with Crippen molar-refractivity contribution in [2.45, 2.75) is 22.8 Å². The van der Waals surface area contributed by atoms with Gasteiger partial charge in [0, 0.05) is 18.0 Å². The molecule has 5 heteroatoms. The quantitative estimate of drug-likeness (QED) is 0.816. The Morgan fingerprint density at radius 3 is 2.33 bits per heavy atom. The van der Waals surface area contributed by atoms with Crippen molar-refractivity contribution in [2.75, 3.05) is 12.8 Å². The third-order valence-corrected chi connectivity index (χ3v) is 6.40. The maximum atomic E-state index is 12.7. The topological polar surface area (TPSA) is 37.4 Å². The lowest BCUT2D eigenvalue weighted by Crippen LogP contribution is -2.35. The van der Waals surface area contributed by atoms with E-state index < -0.39 is 10.0 Å². The minimum absolute atomic E-state index is 0.375. The van der Waals surface area contributed by atoms with Crippen LogP contribution < -0.4 is 0 Å². The van der Waals surface area contributed by atoms with E-state index >= 15 is 0 Å². The highest BCUT2D eigenvalue weighted by molar-refractivity contribution is 7.98. The van der Waals surface area contributed by atoms with Crippen LogP contribution in [0, 0.1) is 0 Å². The number of thioether (sulfide) groups is 1. The molecule has 0 aromatic heterocycles. The Hall–Kier alpha value is -1.30. The first kappa shape index (κ1) is 14.6. The van der Waals surface area contributed by atoms with E-state index in [2.05, 4.69) is 6.07 Å². The molecule has 21 heavy (non-hydrogen) atoms. The van der Waals surface area contributed by atoms with Gasteiger partial charge in [-0.2, -0.15) is 4.31 Å². The summed E-state index contributed by atoms with van der Waals surface area (Å²) >= 11 is 1.61. The Balaban J connectivity index is 1.89. The summed E-state index contributed by atoms with van der Waals surface area (Å²) in [5.41, 5.74) is 2.36. The van der Waals surface area contributed by atoms with Crippen LogP contribution in [0.4, 0.5) is 0 Å². The van der Waals surface area contributed by atoms with Crippen LogP contribution in [0.1, 0.15) is 11.1 Å². The number of sulfonamides is 1. The summed E-state index contributed by atoms with van der Waals surface area (Å²) in [5.74, 6) is 0. The SMILES string of the molecule is CSc1ccc(S(=O)(=O)N2CCc3ccccc3C2)cc1. The summed E-state index contributed by atoms with van der Waals surface area (Å²) in [5, 5.41) is 0. The molecule has 1 aliphatic rings. The second-order valence-corrected chi connectivity index (χ2v) is 7.85. The van der Waals surface area contributed by atoms with Crippen molar-refractivity contribution < 1.29 is 8.42 Å². The predicted octanol–water partition coefficient (Wildman–Crippen LogP) is 3.16. The molecule has 0 bridgehead atoms. The monoisotopic (exact) mass is 319 g/mol. The first-order valence-electron chi connectivity index (χ1n) is 6.82. The molecule has 110 valence electrons. The standard InChI is InChI=1S/C16H17NO2S2/c1-20-15-6-8-16(9-7-15)21(18,19)17-11-10-13-4-2-3-5-14(13)12-17/h2-9H,10-12H2,1H3. The van der Waals surface area contributed by atoms with E-state index in [1.807, 2.05) is 36.6 Å². The van der Waals surface area contributed by atoms with E-state index in [4.69, 9.17) is 0 Å². The van der Waals surface area contributed by atoms with Crippen LogP contribution in [0.5, 0.6) is 0 Å². The predicted molar refractivity (Wildman–Crippen MR) is 86.0 cm³/mol. The van der Waals surface area contributed by atoms with Crippen molar-refractivity contribution in [3.63, 3.8) is 0 Å². The average molecular weight is 319 g/mol. The Kier molecular flexibility index (Phi) is 4.06. The molecule has 0 saturated heterocycles. The first-order chi connectivity index (χ1) is 10.1. The van der Waals surface area contributed by atoms with Gasteiger partial charge in [-0.25, -0.2) is 8.42 Å². The van der Waals surface area contributed by atoms with Crippen molar-refractivity contribution >= 4 is 21.8 Å². The second-order valence-electron chi connectivity index (χ2n) is 5.03. The van der Waals surface area contributed by atoms with Crippen LogP contribution in [0.25, 0.3) is 0 Å². The molecular formula is C16H17NO2S2. The fourth-order valence-electron chi connectivity index (χ4n) is 2.57. The molecule has 0 fully saturated rings. The van der Waals surface area contributed by atoms with Gasteiger partial charge in [-0.3, -0.25) is 0 Å². The number of fused-ring (bicyclic) bond motifs is 1. The normalized spacial score (nSPS) is 15.7. The molecule has 1 aliphatic heterocycles. The maximum Gasteiger partial charge on any atom is 0.243 e. The third-order valence-electron chi connectivity index (χ3n) is 3.79. The summed E-state index contributed by atoms with van der Waals surface area (Å²) in [7, 11) is -3.41. The van der Waals surface area contributed by atoms with E-state index in [0.717, 1.165) is 16.9 Å². The number of hydrogen-bond acceptors (Lipinski definition) is 3. The molecular weight excluding hydrogens is 302 g/mol. The van der Waals surface area contributed by atoms with Gasteiger partial charge >= 0.3 is 0 Å². The van der Waals surface area contributed by atoms with Crippen LogP contribution in [-0.4, -0.2) is 25.5 Å². The third kappa shape index (κ3) is 2.86. The summed E-state index contributed by atoms with van der Waals surface area (Å²) < 4.78 is 27.0. The number of nitrogens with zero attached hydrogens (tertiary/aromatic N) is 1. The van der Waals surface area contributed by atoms with Gasteiger partial charge in [0.25, 0.3) is 0 Å². The summed E-state index contributed by atoms with van der Waals surface area (Å²) in [6, 6.07) is 15.2. The van der Waals surface area contributed by atoms with E-state index in [1.54, 1.807) is 28.2 Å². The lowest BCUT2D eigenvalue weighted by Gasteiger charge is -2.28. The van der Waals surface area contributed by atoms with Crippen LogP contribution in [-0.2, 0) is 23.0 Å². The zero-order valence-electron chi connectivity index (χ0n) is 11.8. The van der Waals surface area contributed by atoms with E-state index in [9.17, 15) is 8.42 Å². The van der Waals surface area contributed by atoms with Crippen LogP contribution in [0.3, 0.4) is 0 Å². The van der Waals surface area contributed by atoms with Crippen LogP contribution in [0.2, 0.25) is 0 Å². The lowest BCUT2D eigenvalue weighted by molar-refractivity contribution is 0.391. The molecule has 0 spiro atoms. The van der Waals surface area contributed by atoms with E-state index in [0.29, 0.717) is 18.0 Å². The molecule has 1 heterocycles. The van der Waals surface area contributed by atoms with E-state index in [1.165, 1.54) is 5.56 Å². The molecule has 0 saturated carbocycles. The van der Waals surface area contributed by atoms with Crippen molar-refractivity contribution in [2.24, 2.45) is 0 Å². The molecule has 0 radical (unpaired) electrons. The summed E-state index contributed by atoms with van der Waals surface area (Å²) in [4.78, 5) is 1.44. The maximum absolute atomic E-state index is 12.7. The molecule has 0 atom stereocenters. The second kappa shape index (κ2) is 5.83. The number of hydrogen-bond donors (Lipinski definition) is 0. The minimum atomic E-state index is -3.41.